The number of amides is 2. The number of β-amino-alcohol motifs (C(OH)–C–C–N with tert-alkyl or cyclic N) is 1. The molecule has 1 aliphatic rings. The fraction of sp³-hybridized carbons (Fsp3) is 0.214. The first kappa shape index (κ1) is 17.7. The largest absolute Gasteiger partial charge is 0.490 e. The number of nitrogens with zero attached hydrogens (tertiary/aromatic N) is 1. The van der Waals surface area contributed by atoms with Gasteiger partial charge in [0, 0.05) is 17.2 Å². The van der Waals surface area contributed by atoms with E-state index in [1.165, 1.54) is 25.3 Å². The van der Waals surface area contributed by atoms with Crippen LogP contribution in [0.3, 0.4) is 0 Å². The van der Waals surface area contributed by atoms with Gasteiger partial charge in [-0.3, -0.25) is 14.5 Å². The second kappa shape index (κ2) is 7.26. The number of ether oxygens (including phenoxy) is 1. The fourth-order valence-corrected chi connectivity index (χ4v) is 2.19. The van der Waals surface area contributed by atoms with Gasteiger partial charge in [-0.2, -0.15) is 0 Å². The third-order valence-electron chi connectivity index (χ3n) is 3.35. The van der Waals surface area contributed by atoms with E-state index in [2.05, 4.69) is 10.1 Å². The lowest BCUT2D eigenvalue weighted by Gasteiger charge is -2.15. The number of hydrogen-bond acceptors (Lipinski definition) is 8. The summed E-state index contributed by atoms with van der Waals surface area (Å²) in [4.78, 5) is 36.3. The van der Waals surface area contributed by atoms with Gasteiger partial charge in [0.15, 0.2) is 0 Å². The molecule has 0 saturated heterocycles. The van der Waals surface area contributed by atoms with E-state index in [4.69, 9.17) is 5.11 Å². The Bertz CT molecular complexity index is 717. The van der Waals surface area contributed by atoms with Gasteiger partial charge in [-0.05, 0) is 12.1 Å². The van der Waals surface area contributed by atoms with E-state index in [9.17, 15) is 24.4 Å². The highest BCUT2D eigenvalue weighted by atomic mass is 16.5. The molecule has 2 amide bonds. The molecular formula is C14H15BN2O7. The van der Waals surface area contributed by atoms with E-state index < -0.39 is 24.9 Å². The lowest BCUT2D eigenvalue weighted by Crippen LogP contribution is -2.36. The Kier molecular flexibility index (Phi) is 5.34. The van der Waals surface area contributed by atoms with Crippen LogP contribution in [0.2, 0.25) is 0 Å². The number of benzene rings is 1. The SMILES string of the molecule is COC(=O)c1ccc(B(O)O)c(NC2=CC(=O)N(CCO)C2=O)c1. The van der Waals surface area contributed by atoms with Gasteiger partial charge in [0.2, 0.25) is 0 Å². The minimum Gasteiger partial charge on any atom is -0.465 e. The highest BCUT2D eigenvalue weighted by Crippen LogP contribution is 2.17. The molecule has 126 valence electrons. The molecule has 0 fully saturated rings. The van der Waals surface area contributed by atoms with Crippen molar-refractivity contribution in [3.05, 3.63) is 35.5 Å². The number of methoxy groups -OCH3 is 1. The number of imide groups is 1. The van der Waals surface area contributed by atoms with Crippen molar-refractivity contribution in [1.29, 1.82) is 0 Å². The van der Waals surface area contributed by atoms with Crippen LogP contribution in [-0.2, 0) is 14.3 Å². The second-order valence-corrected chi connectivity index (χ2v) is 4.87. The molecule has 4 N–H and O–H groups in total. The first-order valence-corrected chi connectivity index (χ1v) is 6.92. The maximum absolute atomic E-state index is 12.1. The van der Waals surface area contributed by atoms with Crippen LogP contribution in [-0.4, -0.2) is 65.2 Å². The van der Waals surface area contributed by atoms with E-state index in [0.29, 0.717) is 0 Å². The summed E-state index contributed by atoms with van der Waals surface area (Å²) in [5.74, 6) is -1.93. The van der Waals surface area contributed by atoms with Crippen LogP contribution in [0.15, 0.2) is 30.0 Å². The summed E-state index contributed by atoms with van der Waals surface area (Å²) in [6.07, 6.45) is 1.02. The summed E-state index contributed by atoms with van der Waals surface area (Å²) in [5.41, 5.74) is 0.0712. The molecule has 0 bridgehead atoms. The Balaban J connectivity index is 2.34. The quantitative estimate of drug-likeness (QED) is 0.262. The number of hydrogen-bond donors (Lipinski definition) is 4. The molecule has 0 atom stereocenters. The Morgan fingerprint density at radius 3 is 2.62 bits per heavy atom. The average Bonchev–Trinajstić information content (AvgIpc) is 2.81. The molecular weight excluding hydrogens is 319 g/mol. The van der Waals surface area contributed by atoms with Crippen LogP contribution >= 0.6 is 0 Å². The van der Waals surface area contributed by atoms with Crippen molar-refractivity contribution in [2.45, 2.75) is 0 Å². The first-order valence-electron chi connectivity index (χ1n) is 6.92. The van der Waals surface area contributed by atoms with Crippen LogP contribution in [0.5, 0.6) is 0 Å². The van der Waals surface area contributed by atoms with Gasteiger partial charge < -0.3 is 25.2 Å². The van der Waals surface area contributed by atoms with Gasteiger partial charge in [-0.1, -0.05) is 6.07 Å². The fourth-order valence-electron chi connectivity index (χ4n) is 2.19. The number of rotatable bonds is 6. The van der Waals surface area contributed by atoms with Crippen molar-refractivity contribution < 1.29 is 34.3 Å². The van der Waals surface area contributed by atoms with Gasteiger partial charge >= 0.3 is 13.1 Å². The maximum Gasteiger partial charge on any atom is 0.490 e. The van der Waals surface area contributed by atoms with E-state index in [1.54, 1.807) is 0 Å². The highest BCUT2D eigenvalue weighted by Gasteiger charge is 2.31. The molecule has 0 radical (unpaired) electrons. The summed E-state index contributed by atoms with van der Waals surface area (Å²) in [6.45, 7) is -0.534. The summed E-state index contributed by atoms with van der Waals surface area (Å²) < 4.78 is 4.59. The monoisotopic (exact) mass is 334 g/mol. The number of esters is 1. The number of carbonyl (C=O) groups excluding carboxylic acids is 3. The number of carbonyl (C=O) groups is 3. The van der Waals surface area contributed by atoms with E-state index in [0.717, 1.165) is 11.0 Å². The Labute approximate surface area is 137 Å². The lowest BCUT2D eigenvalue weighted by atomic mass is 9.78. The van der Waals surface area contributed by atoms with Crippen LogP contribution < -0.4 is 10.8 Å². The molecule has 0 aromatic heterocycles. The summed E-state index contributed by atoms with van der Waals surface area (Å²) in [6, 6.07) is 3.89. The van der Waals surface area contributed by atoms with Crippen molar-refractivity contribution in [2.24, 2.45) is 0 Å². The second-order valence-electron chi connectivity index (χ2n) is 4.87. The molecule has 0 saturated carbocycles. The molecule has 9 nitrogen and oxygen atoms in total. The van der Waals surface area contributed by atoms with Crippen LogP contribution in [0.4, 0.5) is 5.69 Å². The van der Waals surface area contributed by atoms with Gasteiger partial charge in [0.25, 0.3) is 11.8 Å². The predicted molar refractivity (Wildman–Crippen MR) is 83.1 cm³/mol. The molecule has 2 rings (SSSR count). The Hall–Kier alpha value is -2.69. The van der Waals surface area contributed by atoms with Crippen molar-refractivity contribution in [3.8, 4) is 0 Å². The molecule has 0 spiro atoms. The minimum absolute atomic E-state index is 0.00408. The molecule has 24 heavy (non-hydrogen) atoms. The smallest absolute Gasteiger partial charge is 0.465 e. The Morgan fingerprint density at radius 2 is 2.04 bits per heavy atom. The van der Waals surface area contributed by atoms with Gasteiger partial charge in [0.05, 0.1) is 25.8 Å². The van der Waals surface area contributed by atoms with Gasteiger partial charge in [-0.15, -0.1) is 0 Å². The van der Waals surface area contributed by atoms with Gasteiger partial charge in [-0.25, -0.2) is 4.79 Å². The van der Waals surface area contributed by atoms with Crippen molar-refractivity contribution in [3.63, 3.8) is 0 Å². The van der Waals surface area contributed by atoms with Crippen molar-refractivity contribution >= 4 is 36.1 Å². The third kappa shape index (κ3) is 3.45. The molecule has 0 aliphatic carbocycles. The predicted octanol–water partition coefficient (Wildman–Crippen LogP) is -2.19. The first-order chi connectivity index (χ1) is 11.4. The summed E-state index contributed by atoms with van der Waals surface area (Å²) in [7, 11) is -0.667. The summed E-state index contributed by atoms with van der Waals surface area (Å²) >= 11 is 0. The van der Waals surface area contributed by atoms with Crippen LogP contribution in [0.25, 0.3) is 0 Å². The number of aliphatic hydroxyl groups excluding tert-OH is 1. The van der Waals surface area contributed by atoms with E-state index in [1.807, 2.05) is 0 Å². The summed E-state index contributed by atoms with van der Waals surface area (Å²) in [5, 5.41) is 30.3. The zero-order chi connectivity index (χ0) is 17.9. The zero-order valence-electron chi connectivity index (χ0n) is 12.7. The maximum atomic E-state index is 12.1. The van der Waals surface area contributed by atoms with Crippen molar-refractivity contribution in [1.82, 2.24) is 4.90 Å². The topological polar surface area (TPSA) is 136 Å². The third-order valence-corrected chi connectivity index (χ3v) is 3.35. The van der Waals surface area contributed by atoms with E-state index in [-0.39, 0.29) is 35.6 Å². The molecule has 1 aliphatic heterocycles. The van der Waals surface area contributed by atoms with Gasteiger partial charge in [0.1, 0.15) is 5.70 Å². The number of aliphatic hydroxyl groups is 1. The molecule has 1 heterocycles. The molecule has 1 aromatic carbocycles. The Morgan fingerprint density at radius 1 is 1.33 bits per heavy atom. The number of nitrogens with one attached hydrogen (secondary N) is 1. The van der Waals surface area contributed by atoms with Crippen LogP contribution in [0, 0.1) is 0 Å². The molecule has 1 aromatic rings. The minimum atomic E-state index is -1.86. The van der Waals surface area contributed by atoms with Crippen LogP contribution in [0.1, 0.15) is 10.4 Å². The molecule has 10 heteroatoms. The normalized spacial score (nSPS) is 13.8. The standard InChI is InChI=1S/C14H15BN2O7/c1-24-14(21)8-2-3-9(15(22)23)10(6-8)16-11-7-12(19)17(4-5-18)13(11)20/h2-3,6-7,16,18,22-23H,4-5H2,1H3. The zero-order valence-corrected chi connectivity index (χ0v) is 12.7. The van der Waals surface area contributed by atoms with E-state index >= 15 is 0 Å². The lowest BCUT2D eigenvalue weighted by molar-refractivity contribution is -0.137. The number of anilines is 1. The van der Waals surface area contributed by atoms with Crippen molar-refractivity contribution in [2.75, 3.05) is 25.6 Å². The molecule has 0 unspecified atom stereocenters. The average molecular weight is 334 g/mol. The highest BCUT2D eigenvalue weighted by molar-refractivity contribution is 6.60.